The van der Waals surface area contributed by atoms with Crippen molar-refractivity contribution < 1.29 is 81.8 Å². The van der Waals surface area contributed by atoms with Crippen LogP contribution in [0.5, 0.6) is 23.7 Å². The quantitative estimate of drug-likeness (QED) is 0.0818. The molecule has 4 aliphatic rings. The molecule has 15 aromatic rings. The van der Waals surface area contributed by atoms with Crippen molar-refractivity contribution in [2.24, 2.45) is 0 Å². The summed E-state index contributed by atoms with van der Waals surface area (Å²) in [6.07, 6.45) is 13.2. The molecule has 572 valence electrons. The molecule has 0 aliphatic carbocycles. The molecular weight excluding hydrogens is 1960 g/mol. The number of benzene rings is 10. The summed E-state index contributed by atoms with van der Waals surface area (Å²) < 4.78 is 19.9. The van der Waals surface area contributed by atoms with Crippen LogP contribution in [0, 0.1) is 50.2 Å². The van der Waals surface area contributed by atoms with Gasteiger partial charge >= 0.3 is 69.2 Å². The van der Waals surface area contributed by atoms with Crippen LogP contribution in [-0.4, -0.2) is 49.4 Å². The third-order valence-corrected chi connectivity index (χ3v) is 21.5. The molecule has 9 heterocycles. The van der Waals surface area contributed by atoms with Crippen LogP contribution in [0.15, 0.2) is 304 Å². The van der Waals surface area contributed by atoms with Gasteiger partial charge in [-0.15, -0.1) is 70.3 Å². The van der Waals surface area contributed by atoms with Crippen LogP contribution in [0.4, 0.5) is 56.9 Å². The van der Waals surface area contributed by atoms with Crippen LogP contribution in [0.2, 0.25) is 0 Å². The number of nitrogens with zero attached hydrogens (tertiary/aromatic N) is 12. The number of rotatable bonds is 13. The number of para-hydroxylation sites is 7. The van der Waals surface area contributed by atoms with Crippen molar-refractivity contribution in [3.8, 4) is 46.3 Å². The Hall–Kier alpha value is -11.7. The minimum Gasteiger partial charge on any atom is -0.419 e. The molecule has 0 fully saturated rings. The van der Waals surface area contributed by atoms with Crippen molar-refractivity contribution in [1.29, 1.82) is 0 Å². The van der Waals surface area contributed by atoms with E-state index >= 15 is 0 Å². The first-order chi connectivity index (χ1) is 54.4. The van der Waals surface area contributed by atoms with Gasteiger partial charge in [-0.3, -0.25) is 14.2 Å². The van der Waals surface area contributed by atoms with Crippen LogP contribution in [-0.2, 0) is 85.0 Å². The molecular formula is C98H80N12O2Pt3+2. The Labute approximate surface area is 716 Å². The van der Waals surface area contributed by atoms with E-state index in [-0.39, 0.29) is 85.0 Å². The predicted octanol–water partition coefficient (Wildman–Crippen LogP) is 22.9. The van der Waals surface area contributed by atoms with Gasteiger partial charge in [-0.25, -0.2) is 15.0 Å². The molecule has 0 spiro atoms. The van der Waals surface area contributed by atoms with Crippen molar-refractivity contribution in [2.75, 3.05) is 14.7 Å². The zero-order valence-electron chi connectivity index (χ0n) is 65.0. The monoisotopic (exact) mass is 2040 g/mol. The van der Waals surface area contributed by atoms with Crippen LogP contribution in [0.25, 0.3) is 22.6 Å². The topological polar surface area (TPSA) is 109 Å². The van der Waals surface area contributed by atoms with E-state index in [1.807, 2.05) is 137 Å². The van der Waals surface area contributed by atoms with Gasteiger partial charge in [0.15, 0.2) is 0 Å². The predicted molar refractivity (Wildman–Crippen MR) is 442 cm³/mol. The fourth-order valence-corrected chi connectivity index (χ4v) is 15.6. The molecule has 10 aromatic carbocycles. The molecule has 115 heavy (non-hydrogen) atoms. The first kappa shape index (κ1) is 79.9. The van der Waals surface area contributed by atoms with Gasteiger partial charge in [-0.05, 0) is 118 Å². The van der Waals surface area contributed by atoms with Crippen molar-refractivity contribution >= 4 is 62.9 Å². The number of pyridine rings is 3. The van der Waals surface area contributed by atoms with E-state index in [0.717, 1.165) is 96.3 Å². The van der Waals surface area contributed by atoms with Crippen molar-refractivity contribution in [3.05, 3.63) is 391 Å². The molecule has 0 unspecified atom stereocenters. The number of ether oxygens (including phenoxy) is 2. The largest absolute Gasteiger partial charge is 2.00 e. The number of aryl methyl sites for hydroxylation is 2. The fraction of sp³-hybridized carbons (Fsp3) is 0.143. The second-order valence-corrected chi connectivity index (χ2v) is 30.1. The maximum absolute atomic E-state index is 6.27. The number of hydrogen-bond acceptors (Lipinski definition) is 10. The Bertz CT molecular complexity index is 6100. The average molecular weight is 2040 g/mol. The summed E-state index contributed by atoms with van der Waals surface area (Å²) in [6, 6.07) is 114. The fourth-order valence-electron chi connectivity index (χ4n) is 15.6. The van der Waals surface area contributed by atoms with Crippen molar-refractivity contribution in [3.63, 3.8) is 0 Å². The molecule has 0 saturated carbocycles. The van der Waals surface area contributed by atoms with Gasteiger partial charge in [-0.2, -0.15) is 84.9 Å². The summed E-state index contributed by atoms with van der Waals surface area (Å²) in [5.41, 5.74) is 23.6. The van der Waals surface area contributed by atoms with E-state index in [1.165, 1.54) is 33.4 Å². The molecule has 5 aromatic heterocycles. The average Bonchev–Trinajstić information content (AvgIpc) is 1.63. The first-order valence-corrected chi connectivity index (χ1v) is 37.5. The first-order valence-electron chi connectivity index (χ1n) is 37.5. The maximum atomic E-state index is 6.27. The van der Waals surface area contributed by atoms with Crippen LogP contribution >= 0.6 is 0 Å². The summed E-state index contributed by atoms with van der Waals surface area (Å²) >= 11 is 0. The second-order valence-electron chi connectivity index (χ2n) is 30.1. The van der Waals surface area contributed by atoms with E-state index in [1.54, 1.807) is 23.1 Å². The van der Waals surface area contributed by atoms with E-state index in [9.17, 15) is 0 Å². The number of imidazole rings is 1. The molecule has 0 N–H and O–H groups in total. The van der Waals surface area contributed by atoms with Gasteiger partial charge in [0, 0.05) is 79.6 Å². The molecule has 0 atom stereocenters. The molecule has 14 nitrogen and oxygen atoms in total. The minimum absolute atomic E-state index is 0. The molecule has 0 amide bonds. The number of aromatic nitrogens is 7. The summed E-state index contributed by atoms with van der Waals surface area (Å²) in [4.78, 5) is 24.9. The molecule has 17 heteroatoms. The molecule has 0 bridgehead atoms. The Kier molecular flexibility index (Phi) is 22.9. The van der Waals surface area contributed by atoms with E-state index in [0.29, 0.717) is 23.7 Å². The van der Waals surface area contributed by atoms with Gasteiger partial charge in [0.25, 0.3) is 12.2 Å². The zero-order chi connectivity index (χ0) is 76.9. The Morgan fingerprint density at radius 1 is 0.417 bits per heavy atom. The minimum atomic E-state index is -0.341. The third-order valence-electron chi connectivity index (χ3n) is 21.5. The molecule has 0 radical (unpaired) electrons. The smallest absolute Gasteiger partial charge is 0.419 e. The second kappa shape index (κ2) is 33.0. The van der Waals surface area contributed by atoms with E-state index in [2.05, 4.69) is 309 Å². The van der Waals surface area contributed by atoms with E-state index < -0.39 is 0 Å². The summed E-state index contributed by atoms with van der Waals surface area (Å²) in [6.45, 7) is 22.2. The third kappa shape index (κ3) is 15.2. The molecule has 19 rings (SSSR count). The van der Waals surface area contributed by atoms with Gasteiger partial charge in [-0.1, -0.05) is 188 Å². The van der Waals surface area contributed by atoms with Crippen molar-refractivity contribution in [2.45, 2.75) is 91.0 Å². The van der Waals surface area contributed by atoms with E-state index in [4.69, 9.17) is 14.5 Å². The SMILES string of the molecule is CC1(C)c2ccc(-n3ccc(Oc4ccccn4)n3)[c-]c2N(c2[c-]cccc2)c2ccccc21.CC1(C)c2ccc([N+]3=C=[N+](C(C)(C)c4ccccn4)C=C3)[c-]c2N(c2[c-]cccc2)c2ccccc21.Cc1cccc(C)c1-n1cc(-c2[c-]c3c(cc2)C(C)(C)c2ccccc2N3c2[c-]cccc2)nc1Oc1ccccn1.[Pt+2].[Pt+2].[Pt+2]. The Balaban J connectivity index is 0.000000141. The normalized spacial score (nSPS) is 13.9. The molecule has 0 saturated heterocycles. The number of fused-ring (bicyclic) bond motifs is 6. The van der Waals surface area contributed by atoms with Gasteiger partial charge in [0.2, 0.25) is 29.4 Å². The molecule has 4 aliphatic heterocycles. The van der Waals surface area contributed by atoms with Gasteiger partial charge in [0.1, 0.15) is 11.4 Å². The van der Waals surface area contributed by atoms with Crippen LogP contribution < -0.4 is 24.2 Å². The summed E-state index contributed by atoms with van der Waals surface area (Å²) in [5, 5.41) is 4.60. The number of hydrogen-bond donors (Lipinski definition) is 0. The van der Waals surface area contributed by atoms with Crippen molar-refractivity contribution in [1.82, 2.24) is 34.3 Å². The zero-order valence-corrected chi connectivity index (χ0v) is 71.8. The Morgan fingerprint density at radius 3 is 1.39 bits per heavy atom. The standard InChI is InChI=1S/C37H30N4O.C32H28N4.C29H22N4O.3Pt/c1-25-13-12-14-26(2)35(25)40-24-31(39-36(40)42-34-19-10-11-22-38-34)27-20-21-30-33(23-27)41(28-15-6-5-7-16-28)32-18-9-8-17-29(32)37(30,3)4;1-31(2)26-14-8-9-15-28(26)36(24-12-6-5-7-13-24)29-22-25(17-18-27(29)31)34-20-21-35(23-34)32(3,4)30-16-10-11-19-33-30;1-29(2)23-12-6-7-13-25(23)33(21-10-4-3-5-11-21)26-20-22(15-16-24(26)29)32-19-17-28(31-32)34-27-14-8-9-18-30-27;;;/h5-15,17-22,24H,1-4H3;5-12,14-21H,1-4H3;3-10,12-19H,1-2H3;;;/q-2;;-2;3*+2. The maximum Gasteiger partial charge on any atom is 2.00 e. The number of anilines is 9. The summed E-state index contributed by atoms with van der Waals surface area (Å²) in [5.74, 6) is 1.47. The Morgan fingerprint density at radius 2 is 0.887 bits per heavy atom. The van der Waals surface area contributed by atoms with Gasteiger partial charge < -0.3 is 24.2 Å². The van der Waals surface area contributed by atoms with Crippen LogP contribution in [0.1, 0.15) is 106 Å². The summed E-state index contributed by atoms with van der Waals surface area (Å²) in [7, 11) is 0. The van der Waals surface area contributed by atoms with Gasteiger partial charge in [0.05, 0.1) is 5.69 Å². The van der Waals surface area contributed by atoms with Crippen LogP contribution in [0.3, 0.4) is 0 Å².